The Hall–Kier alpha value is -1.69. The maximum absolute atomic E-state index is 11.0. The number of carboxylic acids is 2. The van der Waals surface area contributed by atoms with Crippen LogP contribution in [0.2, 0.25) is 0 Å². The first-order chi connectivity index (χ1) is 7.59. The zero-order chi connectivity index (χ0) is 11.7. The number of carbonyl (C=O) groups is 2. The van der Waals surface area contributed by atoms with E-state index in [0.717, 1.165) is 5.75 Å². The Bertz CT molecular complexity index is 472. The summed E-state index contributed by atoms with van der Waals surface area (Å²) in [5, 5.41) is 20.9. The van der Waals surface area contributed by atoms with Crippen molar-refractivity contribution in [1.82, 2.24) is 0 Å². The molecule has 6 heteroatoms. The van der Waals surface area contributed by atoms with Crippen molar-refractivity contribution in [2.45, 2.75) is 4.90 Å². The molecule has 84 valence electrons. The van der Waals surface area contributed by atoms with E-state index >= 15 is 0 Å². The second kappa shape index (κ2) is 4.05. The molecule has 0 bridgehead atoms. The smallest absolute Gasteiger partial charge is 0.337 e. The van der Waals surface area contributed by atoms with E-state index in [1.54, 1.807) is 0 Å². The molecule has 1 aliphatic heterocycles. The van der Waals surface area contributed by atoms with Gasteiger partial charge in [0.1, 0.15) is 0 Å². The topological polar surface area (TPSA) is 86.6 Å². The highest BCUT2D eigenvalue weighted by molar-refractivity contribution is 7.99. The first-order valence-electron chi connectivity index (χ1n) is 4.61. The summed E-state index contributed by atoms with van der Waals surface area (Å²) < 4.78 is 0. The molecule has 3 N–H and O–H groups in total. The molecule has 0 unspecified atom stereocenters. The van der Waals surface area contributed by atoms with E-state index in [0.29, 0.717) is 17.1 Å². The average Bonchev–Trinajstić information content (AvgIpc) is 2.27. The quantitative estimate of drug-likeness (QED) is 0.726. The molecular formula is C10H9NO4S. The number of hydrogen-bond donors (Lipinski definition) is 3. The summed E-state index contributed by atoms with van der Waals surface area (Å²) in [7, 11) is 0. The maximum atomic E-state index is 11.0. The van der Waals surface area contributed by atoms with Gasteiger partial charge in [0.05, 0.1) is 16.8 Å². The van der Waals surface area contributed by atoms with Crippen LogP contribution in [0.1, 0.15) is 20.7 Å². The molecule has 0 aliphatic carbocycles. The van der Waals surface area contributed by atoms with Crippen LogP contribution < -0.4 is 5.32 Å². The minimum Gasteiger partial charge on any atom is -0.478 e. The lowest BCUT2D eigenvalue weighted by Crippen LogP contribution is -2.15. The molecule has 0 radical (unpaired) electrons. The van der Waals surface area contributed by atoms with Gasteiger partial charge in [0, 0.05) is 17.2 Å². The highest BCUT2D eigenvalue weighted by Gasteiger charge is 2.20. The fraction of sp³-hybridized carbons (Fsp3) is 0.200. The highest BCUT2D eigenvalue weighted by Crippen LogP contribution is 2.35. The van der Waals surface area contributed by atoms with Crippen LogP contribution in [-0.2, 0) is 0 Å². The van der Waals surface area contributed by atoms with E-state index in [1.165, 1.54) is 23.9 Å². The molecule has 5 nitrogen and oxygen atoms in total. The first-order valence-corrected chi connectivity index (χ1v) is 5.59. The van der Waals surface area contributed by atoms with Crippen molar-refractivity contribution < 1.29 is 19.8 Å². The molecule has 0 aromatic heterocycles. The number of thioether (sulfide) groups is 1. The summed E-state index contributed by atoms with van der Waals surface area (Å²) in [5.74, 6) is -1.43. The summed E-state index contributed by atoms with van der Waals surface area (Å²) in [4.78, 5) is 22.5. The molecule has 0 fully saturated rings. The Morgan fingerprint density at radius 1 is 1.25 bits per heavy atom. The Kier molecular flexibility index (Phi) is 2.74. The number of aromatic carboxylic acids is 2. The van der Waals surface area contributed by atoms with Crippen molar-refractivity contribution in [3.63, 3.8) is 0 Å². The summed E-state index contributed by atoms with van der Waals surface area (Å²) in [6, 6.07) is 2.68. The van der Waals surface area contributed by atoms with Gasteiger partial charge in [0.25, 0.3) is 0 Å². The van der Waals surface area contributed by atoms with Crippen LogP contribution in [0.15, 0.2) is 17.0 Å². The molecule has 1 aromatic rings. The van der Waals surface area contributed by atoms with Crippen LogP contribution in [0.4, 0.5) is 5.69 Å². The van der Waals surface area contributed by atoms with Crippen LogP contribution in [0, 0.1) is 0 Å². The average molecular weight is 239 g/mol. The van der Waals surface area contributed by atoms with Crippen molar-refractivity contribution in [3.8, 4) is 0 Å². The van der Waals surface area contributed by atoms with Gasteiger partial charge in [-0.3, -0.25) is 0 Å². The van der Waals surface area contributed by atoms with Gasteiger partial charge < -0.3 is 15.5 Å². The molecule has 0 spiro atoms. The van der Waals surface area contributed by atoms with Crippen LogP contribution in [-0.4, -0.2) is 34.4 Å². The molecule has 0 saturated carbocycles. The zero-order valence-corrected chi connectivity index (χ0v) is 9.00. The number of rotatable bonds is 2. The first kappa shape index (κ1) is 10.8. The summed E-state index contributed by atoms with van der Waals surface area (Å²) >= 11 is 1.46. The molecule has 16 heavy (non-hydrogen) atoms. The standard InChI is InChI=1S/C10H9NO4S/c12-9(13)5-3-6(10(14)15)8-7(4-5)16-2-1-11-8/h3-4,11H,1-2H2,(H,12,13)(H,14,15). The van der Waals surface area contributed by atoms with Crippen molar-refractivity contribution in [1.29, 1.82) is 0 Å². The maximum Gasteiger partial charge on any atom is 0.337 e. The van der Waals surface area contributed by atoms with E-state index in [9.17, 15) is 9.59 Å². The van der Waals surface area contributed by atoms with E-state index in [2.05, 4.69) is 5.32 Å². The van der Waals surface area contributed by atoms with Gasteiger partial charge in [-0.15, -0.1) is 11.8 Å². The fourth-order valence-corrected chi connectivity index (χ4v) is 2.50. The van der Waals surface area contributed by atoms with E-state index in [-0.39, 0.29) is 11.1 Å². The van der Waals surface area contributed by atoms with Gasteiger partial charge in [0.2, 0.25) is 0 Å². The Labute approximate surface area is 95.5 Å². The summed E-state index contributed by atoms with van der Waals surface area (Å²) in [6.07, 6.45) is 0. The van der Waals surface area contributed by atoms with Crippen LogP contribution in [0.3, 0.4) is 0 Å². The molecule has 0 amide bonds. The molecule has 0 atom stereocenters. The number of fused-ring (bicyclic) bond motifs is 1. The van der Waals surface area contributed by atoms with Gasteiger partial charge in [0.15, 0.2) is 0 Å². The van der Waals surface area contributed by atoms with E-state index in [4.69, 9.17) is 10.2 Å². The predicted molar refractivity (Wildman–Crippen MR) is 59.6 cm³/mol. The Morgan fingerprint density at radius 3 is 2.62 bits per heavy atom. The monoisotopic (exact) mass is 239 g/mol. The number of anilines is 1. The van der Waals surface area contributed by atoms with Gasteiger partial charge in [-0.25, -0.2) is 9.59 Å². The number of benzene rings is 1. The summed E-state index contributed by atoms with van der Waals surface area (Å²) in [5.41, 5.74) is 0.545. The van der Waals surface area contributed by atoms with Gasteiger partial charge in [-0.1, -0.05) is 0 Å². The lowest BCUT2D eigenvalue weighted by Gasteiger charge is -2.19. The third kappa shape index (κ3) is 1.83. The predicted octanol–water partition coefficient (Wildman–Crippen LogP) is 1.60. The van der Waals surface area contributed by atoms with Crippen molar-refractivity contribution >= 4 is 29.4 Å². The van der Waals surface area contributed by atoms with Crippen LogP contribution in [0.25, 0.3) is 0 Å². The van der Waals surface area contributed by atoms with E-state index < -0.39 is 11.9 Å². The van der Waals surface area contributed by atoms with Gasteiger partial charge >= 0.3 is 11.9 Å². The largest absolute Gasteiger partial charge is 0.478 e. The second-order valence-corrected chi connectivity index (χ2v) is 4.42. The lowest BCUT2D eigenvalue weighted by molar-refractivity contribution is 0.0696. The normalized spacial score (nSPS) is 13.8. The molecule has 2 rings (SSSR count). The minimum absolute atomic E-state index is 0.00681. The second-order valence-electron chi connectivity index (χ2n) is 3.28. The van der Waals surface area contributed by atoms with Crippen molar-refractivity contribution in [2.24, 2.45) is 0 Å². The third-order valence-electron chi connectivity index (χ3n) is 2.24. The van der Waals surface area contributed by atoms with Crippen molar-refractivity contribution in [2.75, 3.05) is 17.6 Å². The Balaban J connectivity index is 2.61. The minimum atomic E-state index is -1.12. The Morgan fingerprint density at radius 2 is 2.00 bits per heavy atom. The lowest BCUT2D eigenvalue weighted by atomic mass is 10.1. The van der Waals surface area contributed by atoms with Crippen LogP contribution in [0.5, 0.6) is 0 Å². The SMILES string of the molecule is O=C(O)c1cc2c(c(C(=O)O)c1)NCCS2. The molecule has 0 saturated heterocycles. The number of hydrogen-bond acceptors (Lipinski definition) is 4. The number of carboxylic acid groups (broad SMARTS) is 2. The molecule has 1 aliphatic rings. The third-order valence-corrected chi connectivity index (χ3v) is 3.28. The molecular weight excluding hydrogens is 230 g/mol. The fourth-order valence-electron chi connectivity index (χ4n) is 1.54. The van der Waals surface area contributed by atoms with Crippen molar-refractivity contribution in [3.05, 3.63) is 23.3 Å². The van der Waals surface area contributed by atoms with E-state index in [1.807, 2.05) is 0 Å². The molecule has 1 heterocycles. The van der Waals surface area contributed by atoms with Gasteiger partial charge in [-0.2, -0.15) is 0 Å². The molecule has 1 aromatic carbocycles. The van der Waals surface area contributed by atoms with Crippen LogP contribution >= 0.6 is 11.8 Å². The summed E-state index contributed by atoms with van der Waals surface area (Å²) in [6.45, 7) is 0.685. The zero-order valence-electron chi connectivity index (χ0n) is 8.19. The highest BCUT2D eigenvalue weighted by atomic mass is 32.2. The van der Waals surface area contributed by atoms with Gasteiger partial charge in [-0.05, 0) is 12.1 Å². The number of nitrogens with one attached hydrogen (secondary N) is 1.